The molecular formula is C11H19N3S. The number of thioether (sulfide) groups is 1. The standard InChI is InChI=1S/C11H19N3S/c1-9-11(4-6-15-9)12-5-3-10-7-13-14(2)8-10/h7-9,11-12H,3-6H2,1-2H3. The van der Waals surface area contributed by atoms with Crippen LogP contribution in [-0.4, -0.2) is 33.4 Å². The van der Waals surface area contributed by atoms with Gasteiger partial charge in [-0.25, -0.2) is 0 Å². The summed E-state index contributed by atoms with van der Waals surface area (Å²) in [5, 5.41) is 8.57. The minimum Gasteiger partial charge on any atom is -0.313 e. The largest absolute Gasteiger partial charge is 0.313 e. The molecule has 2 heterocycles. The maximum atomic E-state index is 4.17. The first-order chi connectivity index (χ1) is 7.25. The van der Waals surface area contributed by atoms with Crippen LogP contribution in [0.4, 0.5) is 0 Å². The van der Waals surface area contributed by atoms with E-state index in [1.807, 2.05) is 17.9 Å². The fourth-order valence-corrected chi connectivity index (χ4v) is 3.23. The first-order valence-electron chi connectivity index (χ1n) is 5.58. The zero-order chi connectivity index (χ0) is 10.7. The van der Waals surface area contributed by atoms with E-state index in [1.165, 1.54) is 17.7 Å². The second-order valence-corrected chi connectivity index (χ2v) is 5.68. The van der Waals surface area contributed by atoms with Gasteiger partial charge in [0.15, 0.2) is 0 Å². The molecule has 15 heavy (non-hydrogen) atoms. The SMILES string of the molecule is CC1SCCC1NCCc1cnn(C)c1. The van der Waals surface area contributed by atoms with Gasteiger partial charge >= 0.3 is 0 Å². The van der Waals surface area contributed by atoms with Gasteiger partial charge in [-0.05, 0) is 30.7 Å². The molecule has 3 nitrogen and oxygen atoms in total. The molecule has 0 saturated carbocycles. The molecule has 1 aliphatic rings. The highest BCUT2D eigenvalue weighted by Crippen LogP contribution is 2.25. The molecular weight excluding hydrogens is 206 g/mol. The molecule has 0 bridgehead atoms. The van der Waals surface area contributed by atoms with Crippen LogP contribution in [0.25, 0.3) is 0 Å². The average Bonchev–Trinajstić information content (AvgIpc) is 2.77. The normalized spacial score (nSPS) is 26.0. The van der Waals surface area contributed by atoms with Gasteiger partial charge in [-0.3, -0.25) is 4.68 Å². The molecule has 0 aromatic carbocycles. The smallest absolute Gasteiger partial charge is 0.0522 e. The quantitative estimate of drug-likeness (QED) is 0.841. The number of hydrogen-bond acceptors (Lipinski definition) is 3. The summed E-state index contributed by atoms with van der Waals surface area (Å²) < 4.78 is 1.86. The second kappa shape index (κ2) is 5.03. The second-order valence-electron chi connectivity index (χ2n) is 4.20. The third-order valence-electron chi connectivity index (χ3n) is 2.95. The van der Waals surface area contributed by atoms with Crippen LogP contribution in [0.5, 0.6) is 0 Å². The molecule has 0 spiro atoms. The molecule has 2 rings (SSSR count). The van der Waals surface area contributed by atoms with Crippen LogP contribution >= 0.6 is 11.8 Å². The van der Waals surface area contributed by atoms with Crippen LogP contribution in [0.3, 0.4) is 0 Å². The van der Waals surface area contributed by atoms with Crippen LogP contribution < -0.4 is 5.32 Å². The molecule has 0 aliphatic carbocycles. The highest BCUT2D eigenvalue weighted by Gasteiger charge is 2.22. The highest BCUT2D eigenvalue weighted by atomic mass is 32.2. The van der Waals surface area contributed by atoms with E-state index < -0.39 is 0 Å². The van der Waals surface area contributed by atoms with Gasteiger partial charge in [0.2, 0.25) is 0 Å². The van der Waals surface area contributed by atoms with E-state index >= 15 is 0 Å². The van der Waals surface area contributed by atoms with Gasteiger partial charge in [-0.1, -0.05) is 6.92 Å². The molecule has 0 amide bonds. The predicted molar refractivity (Wildman–Crippen MR) is 65.2 cm³/mol. The minimum atomic E-state index is 0.715. The summed E-state index contributed by atoms with van der Waals surface area (Å²) in [5.41, 5.74) is 1.32. The Morgan fingerprint density at radius 1 is 1.67 bits per heavy atom. The topological polar surface area (TPSA) is 29.9 Å². The van der Waals surface area contributed by atoms with E-state index in [0.717, 1.165) is 18.2 Å². The van der Waals surface area contributed by atoms with Crippen LogP contribution in [0.1, 0.15) is 18.9 Å². The van der Waals surface area contributed by atoms with E-state index in [0.29, 0.717) is 6.04 Å². The minimum absolute atomic E-state index is 0.715. The third-order valence-corrected chi connectivity index (χ3v) is 4.28. The number of aromatic nitrogens is 2. The summed E-state index contributed by atoms with van der Waals surface area (Å²) in [6, 6.07) is 0.715. The Labute approximate surface area is 95.6 Å². The van der Waals surface area contributed by atoms with Crippen molar-refractivity contribution in [2.24, 2.45) is 7.05 Å². The van der Waals surface area contributed by atoms with Crippen LogP contribution in [-0.2, 0) is 13.5 Å². The number of aryl methyl sites for hydroxylation is 1. The maximum Gasteiger partial charge on any atom is 0.0522 e. The summed E-state index contributed by atoms with van der Waals surface area (Å²) in [7, 11) is 1.96. The van der Waals surface area contributed by atoms with Crippen molar-refractivity contribution < 1.29 is 0 Å². The van der Waals surface area contributed by atoms with Gasteiger partial charge < -0.3 is 5.32 Å². The van der Waals surface area contributed by atoms with Gasteiger partial charge in [0.1, 0.15) is 0 Å². The Morgan fingerprint density at radius 2 is 2.53 bits per heavy atom. The van der Waals surface area contributed by atoms with E-state index in [1.54, 1.807) is 0 Å². The molecule has 84 valence electrons. The Kier molecular flexibility index (Phi) is 3.70. The monoisotopic (exact) mass is 225 g/mol. The van der Waals surface area contributed by atoms with Gasteiger partial charge in [0, 0.05) is 24.5 Å². The lowest BCUT2D eigenvalue weighted by Crippen LogP contribution is -2.34. The van der Waals surface area contributed by atoms with Crippen LogP contribution in [0.2, 0.25) is 0 Å². The lowest BCUT2D eigenvalue weighted by Gasteiger charge is -2.15. The van der Waals surface area contributed by atoms with Crippen molar-refractivity contribution in [3.8, 4) is 0 Å². The summed E-state index contributed by atoms with van der Waals surface area (Å²) in [5.74, 6) is 1.31. The maximum absolute atomic E-state index is 4.17. The number of nitrogens with zero attached hydrogens (tertiary/aromatic N) is 2. The lowest BCUT2D eigenvalue weighted by atomic mass is 10.1. The molecule has 0 radical (unpaired) electrons. The Morgan fingerprint density at radius 3 is 3.13 bits per heavy atom. The number of hydrogen-bond donors (Lipinski definition) is 1. The van der Waals surface area contributed by atoms with E-state index in [2.05, 4.69) is 35.3 Å². The van der Waals surface area contributed by atoms with Gasteiger partial charge in [-0.2, -0.15) is 16.9 Å². The van der Waals surface area contributed by atoms with Crippen molar-refractivity contribution >= 4 is 11.8 Å². The van der Waals surface area contributed by atoms with Gasteiger partial charge in [0.25, 0.3) is 0 Å². The Balaban J connectivity index is 1.70. The zero-order valence-corrected chi connectivity index (χ0v) is 10.3. The number of nitrogens with one attached hydrogen (secondary N) is 1. The molecule has 1 fully saturated rings. The first kappa shape index (κ1) is 11.0. The summed E-state index contributed by atoms with van der Waals surface area (Å²) in [6.45, 7) is 3.39. The molecule has 1 saturated heterocycles. The van der Waals surface area contributed by atoms with Crippen molar-refractivity contribution in [1.29, 1.82) is 0 Å². The molecule has 1 aromatic rings. The summed E-state index contributed by atoms with van der Waals surface area (Å²) >= 11 is 2.08. The molecule has 1 N–H and O–H groups in total. The van der Waals surface area contributed by atoms with E-state index in [4.69, 9.17) is 0 Å². The molecule has 2 atom stereocenters. The highest BCUT2D eigenvalue weighted by molar-refractivity contribution is 8.00. The molecule has 2 unspecified atom stereocenters. The van der Waals surface area contributed by atoms with Crippen LogP contribution in [0, 0.1) is 0 Å². The van der Waals surface area contributed by atoms with Crippen molar-refractivity contribution in [2.75, 3.05) is 12.3 Å². The Hall–Kier alpha value is -0.480. The molecule has 1 aliphatic heterocycles. The molecule has 4 heteroatoms. The lowest BCUT2D eigenvalue weighted by molar-refractivity contribution is 0.516. The first-order valence-corrected chi connectivity index (χ1v) is 6.63. The molecule has 1 aromatic heterocycles. The van der Waals surface area contributed by atoms with Gasteiger partial charge in [-0.15, -0.1) is 0 Å². The van der Waals surface area contributed by atoms with E-state index in [-0.39, 0.29) is 0 Å². The third kappa shape index (κ3) is 2.98. The zero-order valence-electron chi connectivity index (χ0n) is 9.44. The van der Waals surface area contributed by atoms with E-state index in [9.17, 15) is 0 Å². The van der Waals surface area contributed by atoms with Crippen molar-refractivity contribution in [3.63, 3.8) is 0 Å². The average molecular weight is 225 g/mol. The van der Waals surface area contributed by atoms with Crippen molar-refractivity contribution in [2.45, 2.75) is 31.1 Å². The van der Waals surface area contributed by atoms with Crippen molar-refractivity contribution in [3.05, 3.63) is 18.0 Å². The Bertz CT molecular complexity index is 311. The van der Waals surface area contributed by atoms with Crippen molar-refractivity contribution in [1.82, 2.24) is 15.1 Å². The fraction of sp³-hybridized carbons (Fsp3) is 0.727. The summed E-state index contributed by atoms with van der Waals surface area (Å²) in [6.07, 6.45) is 6.45. The number of rotatable bonds is 4. The summed E-state index contributed by atoms with van der Waals surface area (Å²) in [4.78, 5) is 0. The fourth-order valence-electron chi connectivity index (χ4n) is 2.00. The van der Waals surface area contributed by atoms with Crippen LogP contribution in [0.15, 0.2) is 12.4 Å². The van der Waals surface area contributed by atoms with Gasteiger partial charge in [0.05, 0.1) is 6.20 Å². The predicted octanol–water partition coefficient (Wildman–Crippen LogP) is 1.45.